The number of halogens is 1. The van der Waals surface area contributed by atoms with Crippen molar-refractivity contribution in [2.24, 2.45) is 0 Å². The van der Waals surface area contributed by atoms with Gasteiger partial charge in [0.05, 0.1) is 5.56 Å². The zero-order chi connectivity index (χ0) is 12.0. The zero-order valence-corrected chi connectivity index (χ0v) is 9.40. The normalized spacial score (nSPS) is 17.1. The molecule has 1 aliphatic carbocycles. The van der Waals surface area contributed by atoms with Crippen LogP contribution in [0.2, 0.25) is 0 Å². The minimum atomic E-state index is -0.407. The molecule has 0 unspecified atom stereocenters. The lowest BCUT2D eigenvalue weighted by Crippen LogP contribution is -2.02. The molecule has 1 heterocycles. The highest BCUT2D eigenvalue weighted by Gasteiger charge is 2.43. The van der Waals surface area contributed by atoms with Gasteiger partial charge in [0.2, 0.25) is 0 Å². The predicted molar refractivity (Wildman–Crippen MR) is 60.7 cm³/mol. The molecule has 5 heteroatoms. The van der Waals surface area contributed by atoms with Crippen LogP contribution in [0, 0.1) is 5.82 Å². The van der Waals surface area contributed by atoms with Gasteiger partial charge >= 0.3 is 0 Å². The van der Waals surface area contributed by atoms with Gasteiger partial charge in [0.25, 0.3) is 5.89 Å². The molecule has 0 radical (unpaired) electrons. The first-order valence-electron chi connectivity index (χ1n) is 5.48. The number of hydrogen-bond donors (Lipinski definition) is 1. The lowest BCUT2D eigenvalue weighted by Gasteiger charge is -1.99. The Labute approximate surface area is 97.6 Å². The summed E-state index contributed by atoms with van der Waals surface area (Å²) in [6.45, 7) is 2.07. The lowest BCUT2D eigenvalue weighted by molar-refractivity contribution is 0.414. The molecule has 2 aromatic rings. The molecule has 0 atom stereocenters. The van der Waals surface area contributed by atoms with Crippen LogP contribution >= 0.6 is 0 Å². The van der Waals surface area contributed by atoms with Crippen molar-refractivity contribution in [1.29, 1.82) is 0 Å². The summed E-state index contributed by atoms with van der Waals surface area (Å²) in [6.07, 6.45) is 2.09. The Balaban J connectivity index is 2.03. The molecule has 0 spiro atoms. The van der Waals surface area contributed by atoms with E-state index < -0.39 is 5.82 Å². The van der Waals surface area contributed by atoms with Crippen molar-refractivity contribution in [2.45, 2.75) is 25.2 Å². The van der Waals surface area contributed by atoms with Crippen molar-refractivity contribution in [2.75, 3.05) is 5.73 Å². The summed E-state index contributed by atoms with van der Waals surface area (Å²) in [7, 11) is 0. The molecule has 1 saturated carbocycles. The van der Waals surface area contributed by atoms with Crippen LogP contribution in [0.25, 0.3) is 11.5 Å². The molecule has 1 aliphatic rings. The first-order valence-corrected chi connectivity index (χ1v) is 5.48. The fourth-order valence-corrected chi connectivity index (χ4v) is 1.70. The Bertz CT molecular complexity index is 575. The van der Waals surface area contributed by atoms with Crippen molar-refractivity contribution in [3.05, 3.63) is 29.8 Å². The van der Waals surface area contributed by atoms with E-state index in [2.05, 4.69) is 17.1 Å². The first-order chi connectivity index (χ1) is 8.08. The van der Waals surface area contributed by atoms with Crippen LogP contribution in [0.3, 0.4) is 0 Å². The fourth-order valence-electron chi connectivity index (χ4n) is 1.70. The molecule has 17 heavy (non-hydrogen) atoms. The summed E-state index contributed by atoms with van der Waals surface area (Å²) in [5.41, 5.74) is 6.35. The maximum absolute atomic E-state index is 13.6. The molecule has 0 bridgehead atoms. The number of nitrogens with zero attached hydrogens (tertiary/aromatic N) is 2. The number of nitrogen functional groups attached to an aromatic ring is 1. The Kier molecular flexibility index (Phi) is 1.98. The molecule has 2 N–H and O–H groups in total. The van der Waals surface area contributed by atoms with Gasteiger partial charge in [-0.3, -0.25) is 0 Å². The molecule has 88 valence electrons. The van der Waals surface area contributed by atoms with Gasteiger partial charge in [0.15, 0.2) is 5.82 Å². The van der Waals surface area contributed by atoms with Gasteiger partial charge in [-0.05, 0) is 31.0 Å². The molecule has 1 fully saturated rings. The van der Waals surface area contributed by atoms with E-state index in [0.29, 0.717) is 11.5 Å². The third-order valence-corrected chi connectivity index (χ3v) is 3.19. The third-order valence-electron chi connectivity index (χ3n) is 3.19. The number of anilines is 1. The monoisotopic (exact) mass is 233 g/mol. The molecule has 0 saturated heterocycles. The maximum Gasteiger partial charge on any atom is 0.260 e. The van der Waals surface area contributed by atoms with E-state index in [4.69, 9.17) is 10.3 Å². The largest absolute Gasteiger partial charge is 0.399 e. The second kappa shape index (κ2) is 3.29. The Hall–Kier alpha value is -1.91. The van der Waals surface area contributed by atoms with E-state index in [0.717, 1.165) is 12.8 Å². The van der Waals surface area contributed by atoms with Gasteiger partial charge in [0.1, 0.15) is 5.82 Å². The van der Waals surface area contributed by atoms with Crippen LogP contribution in [0.1, 0.15) is 25.6 Å². The van der Waals surface area contributed by atoms with Gasteiger partial charge in [0, 0.05) is 11.1 Å². The van der Waals surface area contributed by atoms with Crippen LogP contribution < -0.4 is 5.73 Å². The highest BCUT2D eigenvalue weighted by atomic mass is 19.1. The number of nitrogens with two attached hydrogens (primary N) is 1. The van der Waals surface area contributed by atoms with Crippen molar-refractivity contribution in [3.8, 4) is 11.5 Å². The van der Waals surface area contributed by atoms with Crippen molar-refractivity contribution in [1.82, 2.24) is 10.1 Å². The quantitative estimate of drug-likeness (QED) is 0.809. The molecular formula is C12H12FN3O. The molecule has 1 aromatic carbocycles. The third kappa shape index (κ3) is 1.67. The minimum Gasteiger partial charge on any atom is -0.399 e. The Morgan fingerprint density at radius 3 is 2.88 bits per heavy atom. The van der Waals surface area contributed by atoms with Crippen LogP contribution in [-0.2, 0) is 5.41 Å². The SMILES string of the molecule is CC1(c2noc(-c3cc(N)ccc3F)n2)CC1. The molecular weight excluding hydrogens is 221 g/mol. The molecule has 1 aromatic heterocycles. The number of aromatic nitrogens is 2. The fraction of sp³-hybridized carbons (Fsp3) is 0.333. The summed E-state index contributed by atoms with van der Waals surface area (Å²) in [5.74, 6) is 0.433. The smallest absolute Gasteiger partial charge is 0.260 e. The summed E-state index contributed by atoms with van der Waals surface area (Å²) in [6, 6.07) is 4.30. The standard InChI is InChI=1S/C12H12FN3O/c1-12(4-5-12)11-15-10(17-16-11)8-6-7(14)2-3-9(8)13/h2-3,6H,4-5,14H2,1H3. The Morgan fingerprint density at radius 1 is 1.41 bits per heavy atom. The average molecular weight is 233 g/mol. The van der Waals surface area contributed by atoms with E-state index in [9.17, 15) is 4.39 Å². The molecule has 0 amide bonds. The van der Waals surface area contributed by atoms with Gasteiger partial charge in [-0.25, -0.2) is 4.39 Å². The maximum atomic E-state index is 13.6. The molecule has 3 rings (SSSR count). The van der Waals surface area contributed by atoms with Gasteiger partial charge in [-0.2, -0.15) is 4.98 Å². The van der Waals surface area contributed by atoms with Crippen molar-refractivity contribution in [3.63, 3.8) is 0 Å². The summed E-state index contributed by atoms with van der Waals surface area (Å²) in [5, 5.41) is 3.90. The van der Waals surface area contributed by atoms with Crippen LogP contribution in [-0.4, -0.2) is 10.1 Å². The number of rotatable bonds is 2. The van der Waals surface area contributed by atoms with Gasteiger partial charge in [-0.15, -0.1) is 0 Å². The van der Waals surface area contributed by atoms with Crippen LogP contribution in [0.5, 0.6) is 0 Å². The minimum absolute atomic E-state index is 0.0125. The zero-order valence-electron chi connectivity index (χ0n) is 9.40. The first kappa shape index (κ1) is 10.3. The van der Waals surface area contributed by atoms with E-state index in [1.165, 1.54) is 18.2 Å². The van der Waals surface area contributed by atoms with Crippen molar-refractivity contribution < 1.29 is 8.91 Å². The lowest BCUT2D eigenvalue weighted by atomic mass is 10.1. The summed E-state index contributed by atoms with van der Waals surface area (Å²) < 4.78 is 18.7. The van der Waals surface area contributed by atoms with Crippen molar-refractivity contribution >= 4 is 5.69 Å². The highest BCUT2D eigenvalue weighted by molar-refractivity contribution is 5.60. The van der Waals surface area contributed by atoms with Gasteiger partial charge in [-0.1, -0.05) is 12.1 Å². The number of hydrogen-bond acceptors (Lipinski definition) is 4. The van der Waals surface area contributed by atoms with E-state index in [-0.39, 0.29) is 16.9 Å². The van der Waals surface area contributed by atoms with E-state index in [1.807, 2.05) is 0 Å². The summed E-state index contributed by atoms with van der Waals surface area (Å²) >= 11 is 0. The predicted octanol–water partition coefficient (Wildman–Crippen LogP) is 2.51. The number of benzene rings is 1. The second-order valence-electron chi connectivity index (χ2n) is 4.72. The molecule has 4 nitrogen and oxygen atoms in total. The topological polar surface area (TPSA) is 64.9 Å². The van der Waals surface area contributed by atoms with E-state index in [1.54, 1.807) is 0 Å². The Morgan fingerprint density at radius 2 is 2.18 bits per heavy atom. The van der Waals surface area contributed by atoms with Crippen LogP contribution in [0.4, 0.5) is 10.1 Å². The average Bonchev–Trinajstić information content (AvgIpc) is 2.88. The van der Waals surface area contributed by atoms with E-state index >= 15 is 0 Å². The second-order valence-corrected chi connectivity index (χ2v) is 4.72. The molecule has 0 aliphatic heterocycles. The highest BCUT2D eigenvalue weighted by Crippen LogP contribution is 2.46. The summed E-state index contributed by atoms with van der Waals surface area (Å²) in [4.78, 5) is 4.24. The van der Waals surface area contributed by atoms with Gasteiger partial charge < -0.3 is 10.3 Å². The van der Waals surface area contributed by atoms with Crippen LogP contribution in [0.15, 0.2) is 22.7 Å².